The van der Waals surface area contributed by atoms with Crippen LogP contribution >= 0.6 is 0 Å². The van der Waals surface area contributed by atoms with Gasteiger partial charge in [0.2, 0.25) is 5.91 Å². The number of pyridine rings is 1. The lowest BCUT2D eigenvalue weighted by Gasteiger charge is -2.27. The van der Waals surface area contributed by atoms with Gasteiger partial charge in [0.15, 0.2) is 23.5 Å². The van der Waals surface area contributed by atoms with Gasteiger partial charge in [-0.25, -0.2) is 4.79 Å². The molecule has 0 aliphatic rings. The Balaban J connectivity index is 1.48. The molecule has 0 unspecified atom stereocenters. The van der Waals surface area contributed by atoms with Crippen molar-refractivity contribution in [2.45, 2.75) is 25.2 Å². The van der Waals surface area contributed by atoms with Gasteiger partial charge in [-0.2, -0.15) is 0 Å². The zero-order chi connectivity index (χ0) is 26.7. The van der Waals surface area contributed by atoms with Crippen LogP contribution in [0.1, 0.15) is 38.5 Å². The summed E-state index contributed by atoms with van der Waals surface area (Å²) in [6.07, 6.45) is 1.76. The Morgan fingerprint density at radius 2 is 1.76 bits per heavy atom. The van der Waals surface area contributed by atoms with Crippen molar-refractivity contribution in [3.8, 4) is 0 Å². The lowest BCUT2D eigenvalue weighted by molar-refractivity contribution is -0.117. The summed E-state index contributed by atoms with van der Waals surface area (Å²) in [6.45, 7) is 4.05. The van der Waals surface area contributed by atoms with E-state index in [9.17, 15) is 9.59 Å². The van der Waals surface area contributed by atoms with Crippen molar-refractivity contribution in [3.63, 3.8) is 0 Å². The summed E-state index contributed by atoms with van der Waals surface area (Å²) >= 11 is 0. The average Bonchev–Trinajstić information content (AvgIpc) is 2.84. The van der Waals surface area contributed by atoms with Gasteiger partial charge in [0, 0.05) is 24.0 Å². The van der Waals surface area contributed by atoms with E-state index in [1.165, 1.54) is 0 Å². The minimum atomic E-state index is -0.856. The van der Waals surface area contributed by atoms with E-state index in [0.29, 0.717) is 11.3 Å². The van der Waals surface area contributed by atoms with Crippen LogP contribution in [0.2, 0.25) is 0 Å². The molecule has 1 atom stereocenters. The first-order chi connectivity index (χ1) is 17.6. The van der Waals surface area contributed by atoms with Crippen LogP contribution in [0.25, 0.3) is 10.8 Å². The normalized spacial score (nSPS) is 12.2. The number of aryl methyl sites for hydroxylation is 2. The van der Waals surface area contributed by atoms with Crippen LogP contribution in [-0.2, 0) is 14.9 Å². The number of aromatic nitrogens is 1. The molecule has 0 spiro atoms. The molecule has 1 heterocycles. The molecule has 184 valence electrons. The van der Waals surface area contributed by atoms with E-state index >= 15 is 0 Å². The number of rotatable bonds is 7. The van der Waals surface area contributed by atoms with E-state index in [1.54, 1.807) is 12.3 Å². The Morgan fingerprint density at radius 3 is 2.43 bits per heavy atom. The minimum absolute atomic E-state index is 0.160. The highest BCUT2D eigenvalue weighted by Gasteiger charge is 2.27. The van der Waals surface area contributed by atoms with Crippen molar-refractivity contribution in [1.82, 2.24) is 4.98 Å². The first-order valence-electron chi connectivity index (χ1n) is 12.4. The van der Waals surface area contributed by atoms with Crippen molar-refractivity contribution in [2.24, 2.45) is 5.73 Å². The minimum Gasteiger partial charge on any atom is -0.470 e. The van der Waals surface area contributed by atoms with Crippen molar-refractivity contribution in [3.05, 3.63) is 101 Å². The Morgan fingerprint density at radius 1 is 1.03 bits per heavy atom. The zero-order valence-corrected chi connectivity index (χ0v) is 22.0. The molecule has 1 amide bonds. The number of nitrogens with two attached hydrogens (primary N) is 1. The van der Waals surface area contributed by atoms with Crippen LogP contribution < -0.4 is 16.6 Å². The van der Waals surface area contributed by atoms with Crippen molar-refractivity contribution < 1.29 is 14.3 Å². The lowest BCUT2D eigenvalue weighted by atomic mass is 9.61. The average molecular weight is 489 g/mol. The maximum absolute atomic E-state index is 13.1. The summed E-state index contributed by atoms with van der Waals surface area (Å²) in [7, 11) is 5.67. The van der Waals surface area contributed by atoms with E-state index in [2.05, 4.69) is 10.3 Å². The molecule has 0 radical (unpaired) electrons. The molecule has 0 fully saturated rings. The lowest BCUT2D eigenvalue weighted by Crippen LogP contribution is -2.34. The monoisotopic (exact) mass is 489 g/mol. The maximum atomic E-state index is 13.1. The number of amides is 1. The third kappa shape index (κ3) is 5.78. The second kappa shape index (κ2) is 10.6. The number of nitrogens with zero attached hydrogens (tertiary/aromatic N) is 1. The number of anilines is 1. The molecule has 1 aromatic heterocycles. The molecule has 9 heteroatoms. The molecule has 0 saturated carbocycles. The zero-order valence-electron chi connectivity index (χ0n) is 22.0. The Labute approximate surface area is 220 Å². The van der Waals surface area contributed by atoms with Crippen LogP contribution in [0.4, 0.5) is 5.69 Å². The molecule has 6 nitrogen and oxygen atoms in total. The molecule has 3 N–H and O–H groups in total. The van der Waals surface area contributed by atoms with Gasteiger partial charge in [-0.1, -0.05) is 48.0 Å². The van der Waals surface area contributed by atoms with Gasteiger partial charge in [-0.15, -0.1) is 0 Å². The number of benzene rings is 3. The standard InChI is InChI=1S/C28H30B3N3O3/c1-16-3-9-22(17(2)13-16)27(36)37-28(30,31)20-6-4-18(5-7-20)24(15-32)26(35)34-21-8-10-23-19(14-21)11-12-33-25(23)29/h3-14,24H,15,29-32H2,1-2H3,(H,34,35)/t24-/m1/s1. The van der Waals surface area contributed by atoms with Gasteiger partial charge in [0.25, 0.3) is 0 Å². The predicted octanol–water partition coefficient (Wildman–Crippen LogP) is 1.02. The van der Waals surface area contributed by atoms with Crippen LogP contribution in [-0.4, -0.2) is 46.9 Å². The van der Waals surface area contributed by atoms with Crippen molar-refractivity contribution in [2.75, 3.05) is 11.9 Å². The van der Waals surface area contributed by atoms with Crippen molar-refractivity contribution in [1.29, 1.82) is 0 Å². The van der Waals surface area contributed by atoms with Gasteiger partial charge >= 0.3 is 5.97 Å². The first-order valence-corrected chi connectivity index (χ1v) is 12.4. The summed E-state index contributed by atoms with van der Waals surface area (Å²) in [6, 6.07) is 20.9. The van der Waals surface area contributed by atoms with E-state index in [-0.39, 0.29) is 18.4 Å². The summed E-state index contributed by atoms with van der Waals surface area (Å²) in [5, 5.41) is 4.20. The smallest absolute Gasteiger partial charge is 0.337 e. The first kappa shape index (κ1) is 26.2. The maximum Gasteiger partial charge on any atom is 0.337 e. The van der Waals surface area contributed by atoms with Crippen LogP contribution in [0.15, 0.2) is 72.9 Å². The third-order valence-electron chi connectivity index (χ3n) is 6.74. The Kier molecular flexibility index (Phi) is 7.55. The molecular formula is C28H30B3N3O3. The molecule has 4 aromatic rings. The number of carbonyl (C=O) groups excluding carboxylic acids is 2. The fourth-order valence-electron chi connectivity index (χ4n) is 4.54. The number of hydrogen-bond acceptors (Lipinski definition) is 5. The molecule has 4 rings (SSSR count). The topological polar surface area (TPSA) is 94.3 Å². The van der Waals surface area contributed by atoms with Gasteiger partial charge < -0.3 is 15.8 Å². The summed E-state index contributed by atoms with van der Waals surface area (Å²) in [5.74, 6) is -1.07. The van der Waals surface area contributed by atoms with Crippen LogP contribution in [0, 0.1) is 13.8 Å². The number of fused-ring (bicyclic) bond motifs is 1. The molecular weight excluding hydrogens is 459 g/mol. The van der Waals surface area contributed by atoms with Crippen molar-refractivity contribution >= 4 is 57.5 Å². The molecule has 0 saturated heterocycles. The molecule has 0 aliphatic heterocycles. The highest BCUT2D eigenvalue weighted by Crippen LogP contribution is 2.26. The number of carbonyl (C=O) groups is 2. The highest BCUT2D eigenvalue weighted by atomic mass is 16.5. The Bertz CT molecular complexity index is 1470. The second-order valence-corrected chi connectivity index (χ2v) is 9.95. The number of esters is 1. The number of nitrogens with one attached hydrogen (secondary N) is 1. The molecule has 0 bridgehead atoms. The molecule has 3 aromatic carbocycles. The van der Waals surface area contributed by atoms with Gasteiger partial charge in [-0.05, 0) is 65.6 Å². The number of hydrogen-bond donors (Lipinski definition) is 2. The summed E-state index contributed by atoms with van der Waals surface area (Å²) in [5.41, 5.74) is 11.8. The largest absolute Gasteiger partial charge is 0.470 e. The third-order valence-corrected chi connectivity index (χ3v) is 6.74. The summed E-state index contributed by atoms with van der Waals surface area (Å²) in [4.78, 5) is 30.3. The van der Waals surface area contributed by atoms with Gasteiger partial charge in [0.1, 0.15) is 0 Å². The molecule has 37 heavy (non-hydrogen) atoms. The van der Waals surface area contributed by atoms with E-state index in [1.807, 2.05) is 98.0 Å². The highest BCUT2D eigenvalue weighted by molar-refractivity contribution is 6.39. The predicted molar refractivity (Wildman–Crippen MR) is 157 cm³/mol. The van der Waals surface area contributed by atoms with E-state index in [0.717, 1.165) is 38.6 Å². The van der Waals surface area contributed by atoms with Gasteiger partial charge in [-0.3, -0.25) is 9.78 Å². The number of ether oxygens (including phenoxy) is 1. The van der Waals surface area contributed by atoms with Gasteiger partial charge in [0.05, 0.1) is 16.9 Å². The van der Waals surface area contributed by atoms with Crippen LogP contribution in [0.5, 0.6) is 0 Å². The Hall–Kier alpha value is -3.84. The summed E-state index contributed by atoms with van der Waals surface area (Å²) < 4.78 is 5.88. The van der Waals surface area contributed by atoms with E-state index < -0.39 is 11.3 Å². The van der Waals surface area contributed by atoms with E-state index in [4.69, 9.17) is 10.5 Å². The quantitative estimate of drug-likeness (QED) is 0.299. The molecule has 0 aliphatic carbocycles. The second-order valence-electron chi connectivity index (χ2n) is 9.95. The fourth-order valence-corrected chi connectivity index (χ4v) is 4.54. The SMILES string of the molecule is Bc1nccc2cc(NC(=O)[C@H](CN)c3ccc(C(B)(B)OC(=O)c4ccc(C)cc4C)cc3)ccc12. The van der Waals surface area contributed by atoms with Crippen LogP contribution in [0.3, 0.4) is 0 Å². The fraction of sp³-hybridized carbons (Fsp3) is 0.179.